The summed E-state index contributed by atoms with van der Waals surface area (Å²) in [6.45, 7) is 2.57. The van der Waals surface area contributed by atoms with E-state index in [0.29, 0.717) is 13.0 Å². The second-order valence-electron chi connectivity index (χ2n) is 3.71. The van der Waals surface area contributed by atoms with E-state index in [9.17, 15) is 15.3 Å². The highest BCUT2D eigenvalue weighted by molar-refractivity contribution is 4.89. The first-order valence-corrected chi connectivity index (χ1v) is 4.43. The van der Waals surface area contributed by atoms with Crippen molar-refractivity contribution in [2.24, 2.45) is 0 Å². The average molecular weight is 173 g/mol. The molecule has 0 amide bonds. The second-order valence-corrected chi connectivity index (χ2v) is 3.71. The van der Waals surface area contributed by atoms with Gasteiger partial charge in [0, 0.05) is 6.42 Å². The summed E-state index contributed by atoms with van der Waals surface area (Å²) in [6, 6.07) is -0.200. The van der Waals surface area contributed by atoms with E-state index in [1.165, 1.54) is 0 Å². The summed E-state index contributed by atoms with van der Waals surface area (Å²) in [6.07, 6.45) is -0.317. The van der Waals surface area contributed by atoms with Crippen molar-refractivity contribution in [2.45, 2.75) is 37.2 Å². The first kappa shape index (κ1) is 8.44. The van der Waals surface area contributed by atoms with Crippen molar-refractivity contribution >= 4 is 0 Å². The molecule has 0 aromatic heterocycles. The van der Waals surface area contributed by atoms with Crippen molar-refractivity contribution < 1.29 is 20.2 Å². The molecule has 0 spiro atoms. The Balaban J connectivity index is 2.12. The van der Waals surface area contributed by atoms with E-state index in [-0.39, 0.29) is 6.04 Å². The van der Waals surface area contributed by atoms with Crippen LogP contribution < -0.4 is 4.90 Å². The van der Waals surface area contributed by atoms with E-state index < -0.39 is 18.3 Å². The van der Waals surface area contributed by atoms with E-state index in [0.717, 1.165) is 11.3 Å². The molecule has 2 fully saturated rings. The third-order valence-corrected chi connectivity index (χ3v) is 2.92. The fourth-order valence-electron chi connectivity index (χ4n) is 2.27. The van der Waals surface area contributed by atoms with E-state index in [2.05, 4.69) is 0 Å². The van der Waals surface area contributed by atoms with Crippen LogP contribution in [0.1, 0.15) is 12.8 Å². The SMILES string of the molecule is OC1C[NH+]2[CH]CCC(O)C2C1O. The molecule has 2 aliphatic rings. The van der Waals surface area contributed by atoms with Gasteiger partial charge in [0.2, 0.25) is 0 Å². The molecule has 0 aromatic rings. The molecule has 0 aliphatic carbocycles. The van der Waals surface area contributed by atoms with Gasteiger partial charge in [-0.05, 0) is 6.42 Å². The Labute approximate surface area is 71.4 Å². The van der Waals surface area contributed by atoms with Crippen LogP contribution in [0.15, 0.2) is 0 Å². The van der Waals surface area contributed by atoms with Gasteiger partial charge in [0.15, 0.2) is 0 Å². The summed E-state index contributed by atoms with van der Waals surface area (Å²) >= 11 is 0. The van der Waals surface area contributed by atoms with Crippen molar-refractivity contribution in [2.75, 3.05) is 6.54 Å². The molecule has 2 heterocycles. The number of aliphatic hydroxyl groups excluding tert-OH is 3. The molecular weight excluding hydrogens is 158 g/mol. The van der Waals surface area contributed by atoms with E-state index in [1.807, 2.05) is 6.54 Å². The minimum Gasteiger partial charge on any atom is -0.387 e. The van der Waals surface area contributed by atoms with Crippen LogP contribution in [0.25, 0.3) is 0 Å². The fraction of sp³-hybridized carbons (Fsp3) is 0.875. The molecule has 69 valence electrons. The second kappa shape index (κ2) is 2.96. The lowest BCUT2D eigenvalue weighted by Gasteiger charge is -2.30. The predicted molar refractivity (Wildman–Crippen MR) is 41.2 cm³/mol. The predicted octanol–water partition coefficient (Wildman–Crippen LogP) is -2.71. The van der Waals surface area contributed by atoms with Crippen LogP contribution in [-0.4, -0.2) is 46.2 Å². The van der Waals surface area contributed by atoms with Crippen molar-refractivity contribution in [3.05, 3.63) is 6.54 Å². The molecule has 4 nitrogen and oxygen atoms in total. The van der Waals surface area contributed by atoms with Crippen LogP contribution in [0.3, 0.4) is 0 Å². The summed E-state index contributed by atoms with van der Waals surface area (Å²) in [5.41, 5.74) is 0. The molecule has 1 radical (unpaired) electrons. The van der Waals surface area contributed by atoms with Gasteiger partial charge in [-0.1, -0.05) is 0 Å². The van der Waals surface area contributed by atoms with E-state index in [4.69, 9.17) is 0 Å². The lowest BCUT2D eigenvalue weighted by molar-refractivity contribution is -0.894. The van der Waals surface area contributed by atoms with Gasteiger partial charge >= 0.3 is 0 Å². The van der Waals surface area contributed by atoms with Gasteiger partial charge in [-0.3, -0.25) is 0 Å². The maximum atomic E-state index is 9.56. The number of hydrogen-bond acceptors (Lipinski definition) is 3. The maximum Gasteiger partial charge on any atom is 0.143 e. The number of nitrogens with one attached hydrogen (secondary N) is 1. The molecule has 5 unspecified atom stereocenters. The first-order valence-electron chi connectivity index (χ1n) is 4.43. The van der Waals surface area contributed by atoms with Crippen LogP contribution in [-0.2, 0) is 0 Å². The zero-order valence-electron chi connectivity index (χ0n) is 6.85. The molecule has 2 saturated heterocycles. The van der Waals surface area contributed by atoms with Crippen molar-refractivity contribution in [1.29, 1.82) is 0 Å². The number of piperidine rings is 1. The Morgan fingerprint density at radius 1 is 1.17 bits per heavy atom. The van der Waals surface area contributed by atoms with E-state index >= 15 is 0 Å². The van der Waals surface area contributed by atoms with Crippen molar-refractivity contribution in [1.82, 2.24) is 0 Å². The minimum absolute atomic E-state index is 0.200. The van der Waals surface area contributed by atoms with Crippen LogP contribution >= 0.6 is 0 Å². The number of fused-ring (bicyclic) bond motifs is 1. The average Bonchev–Trinajstić information content (AvgIpc) is 2.29. The van der Waals surface area contributed by atoms with Gasteiger partial charge in [-0.2, -0.15) is 0 Å². The number of hydrogen-bond donors (Lipinski definition) is 4. The van der Waals surface area contributed by atoms with Gasteiger partial charge in [0.05, 0.1) is 0 Å². The van der Waals surface area contributed by atoms with Gasteiger partial charge in [-0.25, -0.2) is 0 Å². The summed E-state index contributed by atoms with van der Waals surface area (Å²) in [7, 11) is 0. The third-order valence-electron chi connectivity index (χ3n) is 2.92. The molecule has 4 N–H and O–H groups in total. The Kier molecular flexibility index (Phi) is 2.08. The highest BCUT2D eigenvalue weighted by atomic mass is 16.3. The van der Waals surface area contributed by atoms with Crippen molar-refractivity contribution in [3.63, 3.8) is 0 Å². The Hall–Kier alpha value is -0.160. The number of aliphatic hydroxyl groups is 3. The number of quaternary nitrogens is 1. The lowest BCUT2D eigenvalue weighted by Crippen LogP contribution is -3.14. The standard InChI is InChI=1S/C8H15NO3/c10-5-2-1-3-9-4-6(11)8(12)7(5)9/h3,5-12H,1-2,4H2/q+1. The summed E-state index contributed by atoms with van der Waals surface area (Å²) in [5, 5.41) is 28.4. The molecule has 0 aromatic carbocycles. The van der Waals surface area contributed by atoms with Gasteiger partial charge in [0.1, 0.15) is 37.4 Å². The maximum absolute atomic E-state index is 9.56. The van der Waals surface area contributed by atoms with Gasteiger partial charge in [-0.15, -0.1) is 0 Å². The first-order chi connectivity index (χ1) is 5.70. The zero-order chi connectivity index (χ0) is 8.72. The van der Waals surface area contributed by atoms with E-state index in [1.54, 1.807) is 0 Å². The topological polar surface area (TPSA) is 65.1 Å². The quantitative estimate of drug-likeness (QED) is 0.322. The van der Waals surface area contributed by atoms with Crippen LogP contribution in [0.5, 0.6) is 0 Å². The highest BCUT2D eigenvalue weighted by Crippen LogP contribution is 2.15. The highest BCUT2D eigenvalue weighted by Gasteiger charge is 2.49. The smallest absolute Gasteiger partial charge is 0.143 e. The molecule has 12 heavy (non-hydrogen) atoms. The largest absolute Gasteiger partial charge is 0.387 e. The molecule has 0 saturated carbocycles. The Morgan fingerprint density at radius 2 is 1.92 bits per heavy atom. The Morgan fingerprint density at radius 3 is 2.58 bits per heavy atom. The monoisotopic (exact) mass is 173 g/mol. The molecule has 2 aliphatic heterocycles. The van der Waals surface area contributed by atoms with Crippen LogP contribution in [0.4, 0.5) is 0 Å². The summed E-state index contributed by atoms with van der Waals surface area (Å²) in [4.78, 5) is 1.04. The zero-order valence-corrected chi connectivity index (χ0v) is 6.85. The van der Waals surface area contributed by atoms with Crippen LogP contribution in [0.2, 0.25) is 0 Å². The van der Waals surface area contributed by atoms with Gasteiger partial charge < -0.3 is 20.2 Å². The molecule has 0 bridgehead atoms. The van der Waals surface area contributed by atoms with Gasteiger partial charge in [0.25, 0.3) is 0 Å². The summed E-state index contributed by atoms with van der Waals surface area (Å²) < 4.78 is 0. The third kappa shape index (κ3) is 1.15. The molecule has 4 heteroatoms. The molecular formula is C8H15NO3+. The summed E-state index contributed by atoms with van der Waals surface area (Å²) in [5.74, 6) is 0. The fourth-order valence-corrected chi connectivity index (χ4v) is 2.27. The van der Waals surface area contributed by atoms with Crippen LogP contribution in [0, 0.1) is 6.54 Å². The lowest BCUT2D eigenvalue weighted by atomic mass is 9.97. The van der Waals surface area contributed by atoms with Crippen molar-refractivity contribution in [3.8, 4) is 0 Å². The Bertz CT molecular complexity index is 176. The normalized spacial score (nSPS) is 53.8. The molecule has 5 atom stereocenters. The number of rotatable bonds is 0. The molecule has 2 rings (SSSR count). The minimum atomic E-state index is -0.758.